The molecule has 0 aliphatic carbocycles. The summed E-state index contributed by atoms with van der Waals surface area (Å²) in [5.41, 5.74) is 0. The number of hydrogen-bond donors (Lipinski definition) is 31. The van der Waals surface area contributed by atoms with Gasteiger partial charge in [0.15, 0.2) is 62.9 Å². The van der Waals surface area contributed by atoms with Crippen LogP contribution in [0.3, 0.4) is 0 Å². The van der Waals surface area contributed by atoms with E-state index >= 15 is 0 Å². The van der Waals surface area contributed by atoms with E-state index in [0.717, 1.165) is 34.6 Å². The van der Waals surface area contributed by atoms with Crippen molar-refractivity contribution in [3.8, 4) is 0 Å². The molecule has 55 heteroatoms. The Morgan fingerprint density at radius 1 is 0.224 bits per heavy atom. The van der Waals surface area contributed by atoms with Crippen LogP contribution in [0.15, 0.2) is 0 Å². The van der Waals surface area contributed by atoms with Gasteiger partial charge in [-0.15, -0.1) is 0 Å². The minimum atomic E-state index is -2.54. The Hall–Kier alpha value is -4.45. The molecule has 0 aromatic heterocycles. The molecule has 0 spiro atoms. The fraction of sp³-hybridized carbons (Fsp3) is 0.929. The Morgan fingerprint density at radius 2 is 0.472 bits per heavy atom. The van der Waals surface area contributed by atoms with Crippen LogP contribution in [0.5, 0.6) is 0 Å². The van der Waals surface area contributed by atoms with E-state index < -0.39 is 396 Å². The zero-order chi connectivity index (χ0) is 92.1. The lowest BCUT2D eigenvalue weighted by atomic mass is 9.93. The van der Waals surface area contributed by atoms with E-state index in [9.17, 15) is 157 Å². The van der Waals surface area contributed by atoms with Gasteiger partial charge in [0, 0.05) is 34.6 Å². The highest BCUT2D eigenvalue weighted by molar-refractivity contribution is 5.75. The van der Waals surface area contributed by atoms with E-state index in [1.807, 2.05) is 0 Å². The third kappa shape index (κ3) is 23.3. The van der Waals surface area contributed by atoms with E-state index in [1.165, 1.54) is 6.92 Å². The van der Waals surface area contributed by atoms with Gasteiger partial charge in [0.2, 0.25) is 29.5 Å². The molecule has 1 unspecified atom stereocenters. The van der Waals surface area contributed by atoms with Crippen molar-refractivity contribution in [1.29, 1.82) is 0 Å². The third-order valence-electron chi connectivity index (χ3n) is 22.8. The van der Waals surface area contributed by atoms with Gasteiger partial charge < -0.3 is 249 Å². The molecule has 0 radical (unpaired) electrons. The molecule has 10 aliphatic heterocycles. The number of aliphatic hydroxyl groups excluding tert-OH is 26. The molecule has 31 N–H and O–H groups in total. The molecule has 10 fully saturated rings. The quantitative estimate of drug-likeness (QED) is 0.0297. The lowest BCUT2D eigenvalue weighted by molar-refractivity contribution is -0.388. The molecule has 5 amide bonds. The molecular weight excluding hydrogens is 1710 g/mol. The van der Waals surface area contributed by atoms with E-state index in [1.54, 1.807) is 0 Å². The molecule has 722 valence electrons. The predicted molar refractivity (Wildman–Crippen MR) is 386 cm³/mol. The van der Waals surface area contributed by atoms with Crippen molar-refractivity contribution in [2.75, 3.05) is 59.5 Å². The predicted octanol–water partition coefficient (Wildman–Crippen LogP) is -21.1. The van der Waals surface area contributed by atoms with Crippen molar-refractivity contribution in [2.45, 2.75) is 348 Å². The highest BCUT2D eigenvalue weighted by Crippen LogP contribution is 2.40. The summed E-state index contributed by atoms with van der Waals surface area (Å²) in [6, 6.07) is -9.44. The molecule has 50 atom stereocenters. The highest BCUT2D eigenvalue weighted by Gasteiger charge is 2.61. The minimum Gasteiger partial charge on any atom is -0.394 e. The summed E-state index contributed by atoms with van der Waals surface area (Å²) in [6.07, 6.45) is -91.9. The number of carbonyl (C=O) groups is 5. The molecule has 10 saturated heterocycles. The van der Waals surface area contributed by atoms with Crippen molar-refractivity contribution in [3.05, 3.63) is 0 Å². The molecule has 10 aliphatic rings. The number of nitrogens with one attached hydrogen (secondary N) is 5. The van der Waals surface area contributed by atoms with Crippen molar-refractivity contribution < 1.29 is 247 Å². The van der Waals surface area contributed by atoms with Gasteiger partial charge in [-0.2, -0.15) is 0 Å². The van der Waals surface area contributed by atoms with Crippen molar-refractivity contribution in [2.24, 2.45) is 0 Å². The first-order chi connectivity index (χ1) is 59.0. The molecule has 125 heavy (non-hydrogen) atoms. The van der Waals surface area contributed by atoms with Crippen molar-refractivity contribution in [1.82, 2.24) is 26.6 Å². The Balaban J connectivity index is 0.991. The summed E-state index contributed by atoms with van der Waals surface area (Å²) in [4.78, 5) is 64.5. The Morgan fingerprint density at radius 3 is 0.888 bits per heavy atom. The number of carbonyl (C=O) groups excluding carboxylic acids is 5. The van der Waals surface area contributed by atoms with Crippen LogP contribution >= 0.6 is 0 Å². The van der Waals surface area contributed by atoms with Crippen molar-refractivity contribution in [3.63, 3.8) is 0 Å². The summed E-state index contributed by atoms with van der Waals surface area (Å²) in [7, 11) is 0. The smallest absolute Gasteiger partial charge is 0.217 e. The summed E-state index contributed by atoms with van der Waals surface area (Å²) in [5, 5.41) is 302. The van der Waals surface area contributed by atoms with Gasteiger partial charge in [-0.25, -0.2) is 0 Å². The van der Waals surface area contributed by atoms with Crippen LogP contribution in [0.2, 0.25) is 0 Å². The van der Waals surface area contributed by atoms with E-state index in [-0.39, 0.29) is 0 Å². The molecule has 10 rings (SSSR count). The highest BCUT2D eigenvalue weighted by atomic mass is 16.8. The van der Waals surface area contributed by atoms with Gasteiger partial charge in [0.25, 0.3) is 0 Å². The molecule has 10 heterocycles. The molecule has 0 aromatic carbocycles. The first-order valence-corrected chi connectivity index (χ1v) is 40.0. The SMILES string of the molecule is CC(=O)N[C@H]1[C@H](O[C@H]2[C@H](O)[C@@H](NC(C)=O)C(O)O[C@@H]2CO[C@@H]2O[C@@H](C)[C@@H](O)[C@@H](O)[C@@H]2O)O[C@H](CO)[C@@H](O[C@@H]2O[C@H](CO[C@H]3O[C@H](CO[C@@H]4O[C@H](CO)[C@@H](O[C@@H]5O[C@H](CO)[C@H](O)[C@H](O)[C@H]5O)[C@H](O)[C@H]4NC(C)=O)[C@@H](O)[C@H](O)[C@@H]3O[C@@H]3O[C@H](CO)[C@@H](O[C@@H]4O[C@H](CO)[C@H](O)[C@H](O)[C@H]4O)[C@H](O)[C@H]3NC(C)=O)[C@@H](O[C@@H]3O[C@H](CO)[C@@H](O)[C@H](O)[C@H]3NC(C)=O)[C@H](O)[C@@H]2O)[C@@H]1O. The summed E-state index contributed by atoms with van der Waals surface area (Å²) >= 11 is 0. The first kappa shape index (κ1) is 103. The van der Waals surface area contributed by atoms with Gasteiger partial charge in [-0.3, -0.25) is 24.0 Å². The van der Waals surface area contributed by atoms with E-state index in [4.69, 9.17) is 90.0 Å². The maximum absolute atomic E-state index is 13.2. The third-order valence-corrected chi connectivity index (χ3v) is 22.8. The fourth-order valence-corrected chi connectivity index (χ4v) is 16.1. The number of hydrogen-bond acceptors (Lipinski definition) is 50. The second-order valence-corrected chi connectivity index (χ2v) is 31.8. The lowest BCUT2D eigenvalue weighted by Crippen LogP contribution is -2.71. The van der Waals surface area contributed by atoms with Crippen LogP contribution in [0.25, 0.3) is 0 Å². The Labute approximate surface area is 708 Å². The summed E-state index contributed by atoms with van der Waals surface area (Å²) in [5.74, 6) is -4.63. The zero-order valence-electron chi connectivity index (χ0n) is 67.7. The second-order valence-electron chi connectivity index (χ2n) is 31.8. The van der Waals surface area contributed by atoms with Gasteiger partial charge in [-0.1, -0.05) is 0 Å². The monoisotopic (exact) mass is 1830 g/mol. The molecule has 0 bridgehead atoms. The van der Waals surface area contributed by atoms with Gasteiger partial charge >= 0.3 is 0 Å². The van der Waals surface area contributed by atoms with Gasteiger partial charge in [-0.05, 0) is 6.92 Å². The zero-order valence-corrected chi connectivity index (χ0v) is 67.7. The average molecular weight is 1830 g/mol. The Bertz CT molecular complexity index is 3420. The largest absolute Gasteiger partial charge is 0.394 e. The second kappa shape index (κ2) is 44.9. The van der Waals surface area contributed by atoms with E-state index in [0.29, 0.717) is 0 Å². The maximum Gasteiger partial charge on any atom is 0.217 e. The van der Waals surface area contributed by atoms with Crippen molar-refractivity contribution >= 4 is 29.5 Å². The van der Waals surface area contributed by atoms with Crippen LogP contribution in [0, 0.1) is 0 Å². The van der Waals surface area contributed by atoms with E-state index in [2.05, 4.69) is 26.6 Å². The Kier molecular flexibility index (Phi) is 36.8. The van der Waals surface area contributed by atoms with Crippen LogP contribution in [0.1, 0.15) is 41.5 Å². The first-order valence-electron chi connectivity index (χ1n) is 40.0. The number of amides is 5. The normalized spacial score (nSPS) is 48.7. The van der Waals surface area contributed by atoms with Crippen LogP contribution in [-0.2, 0) is 114 Å². The lowest BCUT2D eigenvalue weighted by Gasteiger charge is -2.51. The van der Waals surface area contributed by atoms with Gasteiger partial charge in [0.1, 0.15) is 238 Å². The molecule has 0 aromatic rings. The molecule has 55 nitrogen and oxygen atoms in total. The number of aliphatic hydroxyl groups is 26. The summed E-state index contributed by atoms with van der Waals surface area (Å²) < 4.78 is 114. The number of rotatable bonds is 32. The average Bonchev–Trinajstić information content (AvgIpc) is 0.768. The fourth-order valence-electron chi connectivity index (χ4n) is 16.1. The maximum atomic E-state index is 13.2. The molecule has 0 saturated carbocycles. The van der Waals surface area contributed by atoms with Gasteiger partial charge in [0.05, 0.1) is 65.6 Å². The topological polar surface area (TPSA) is 847 Å². The summed E-state index contributed by atoms with van der Waals surface area (Å²) in [6.45, 7) is -3.67. The van der Waals surface area contributed by atoms with Crippen LogP contribution in [-0.4, -0.2) is 529 Å². The minimum absolute atomic E-state index is 0.836. The standard InChI is InChI=1S/C70H117N5O50/c1-16-36(87)46(97)51(102)66(110-16)108-14-29-58(42(93)31(61(106)111-29)71-17(2)82)120-64-34(74-20(5)85)44(95)57(26(11-80)116-64)124-69-54(105)50(101)59(121-63-32(72-18(3)83)41(92)37(88)22(7-76)112-63)30(119-69)15-109-70-60(125-65-35(75-21(6)86)45(96)56(27(12-81)117-65)123-68-53(104)48(99)39(90)24(9-78)114-68)49(100)40(91)28(118-70)13-107-62-33(73-19(4)84)43(94)55(25(10-79)115-62)122-67-52(103)47(98)38(89)23(8-77)113-67/h16,22-70,76-81,87-106H,7-15H2,1-6H3,(H,71,82)(H,72,83)(H,73,84)(H,74,85)(H,75,86)/t16-,22+,23+,24+,25+,26+,27+,28+,29+,30+,31+,32+,33+,34+,35+,36+,37+,38-,39-,40+,41+,42+,43+,44+,45+,46+,47-,48-,49-,50+,51-,52+,53+,54-,55+,56+,57+,58+,59+,60-,61?,62+,63-,64-,65-,66+,67-,68-,69-,70-/m0/s1. The number of ether oxygens (including phenoxy) is 19. The molecular formula is C70H117N5O50. The van der Waals surface area contributed by atoms with Crippen LogP contribution < -0.4 is 26.6 Å². The van der Waals surface area contributed by atoms with Crippen LogP contribution in [0.4, 0.5) is 0 Å².